The molecule has 224 valence electrons. The molecule has 0 fully saturated rings. The first-order valence-electron chi connectivity index (χ1n) is 13.7. The molecule has 0 spiro atoms. The Morgan fingerprint density at radius 1 is 0.775 bits per heavy atom. The summed E-state index contributed by atoms with van der Waals surface area (Å²) >= 11 is 0. The summed E-state index contributed by atoms with van der Waals surface area (Å²) in [6, 6.07) is 5.19. The number of aromatic carboxylic acids is 1. The van der Waals surface area contributed by atoms with Gasteiger partial charge in [0, 0.05) is 19.4 Å². The fourth-order valence-corrected chi connectivity index (χ4v) is 3.66. The molecule has 0 aromatic heterocycles. The fraction of sp³-hybridized carbons (Fsp3) is 0.607. The number of amides is 2. The van der Waals surface area contributed by atoms with Gasteiger partial charge in [-0.15, -0.1) is 0 Å². The van der Waals surface area contributed by atoms with Crippen LogP contribution in [0.25, 0.3) is 0 Å². The van der Waals surface area contributed by atoms with E-state index in [9.17, 15) is 29.1 Å². The van der Waals surface area contributed by atoms with E-state index in [-0.39, 0.29) is 63.0 Å². The van der Waals surface area contributed by atoms with Crippen molar-refractivity contribution in [2.75, 3.05) is 39.6 Å². The number of unbranched alkanes of at least 4 members (excludes halogenated alkanes) is 6. The van der Waals surface area contributed by atoms with Crippen LogP contribution in [-0.2, 0) is 28.7 Å². The van der Waals surface area contributed by atoms with Crippen LogP contribution >= 0.6 is 0 Å². The Hall–Kier alpha value is -3.51. The molecule has 0 saturated carbocycles. The van der Waals surface area contributed by atoms with Crippen molar-refractivity contribution in [2.24, 2.45) is 0 Å². The number of ether oxygens (including phenoxy) is 3. The van der Waals surface area contributed by atoms with Crippen LogP contribution in [0.5, 0.6) is 5.75 Å². The molecule has 12 heteroatoms. The summed E-state index contributed by atoms with van der Waals surface area (Å²) < 4.78 is 15.8. The summed E-state index contributed by atoms with van der Waals surface area (Å²) in [6.07, 6.45) is 7.30. The second-order valence-electron chi connectivity index (χ2n) is 9.10. The Morgan fingerprint density at radius 3 is 2.08 bits per heavy atom. The molecule has 0 aliphatic carbocycles. The summed E-state index contributed by atoms with van der Waals surface area (Å²) in [5.74, 6) is -2.17. The van der Waals surface area contributed by atoms with E-state index in [0.29, 0.717) is 31.7 Å². The summed E-state index contributed by atoms with van der Waals surface area (Å²) in [6.45, 7) is 1.66. The third kappa shape index (κ3) is 17.9. The predicted molar refractivity (Wildman–Crippen MR) is 145 cm³/mol. The molecule has 1 aromatic rings. The highest BCUT2D eigenvalue weighted by Crippen LogP contribution is 2.14. The number of aldehydes is 1. The quantitative estimate of drug-likeness (QED) is 0.102. The fourth-order valence-electron chi connectivity index (χ4n) is 3.66. The largest absolute Gasteiger partial charge is 0.494 e. The molecule has 0 radical (unpaired) electrons. The molecule has 4 N–H and O–H groups in total. The lowest BCUT2D eigenvalue weighted by Crippen LogP contribution is -2.41. The van der Waals surface area contributed by atoms with Gasteiger partial charge in [0.05, 0.1) is 32.0 Å². The molecular weight excluding hydrogens is 524 g/mol. The SMILES string of the molecule is O=CCOCCOCCNC(=O)CC[C@H](NC(=O)CCCCCCCCCOc1ccc(C(=O)O)cc1)C(=O)O. The van der Waals surface area contributed by atoms with E-state index < -0.39 is 18.0 Å². The lowest BCUT2D eigenvalue weighted by molar-refractivity contribution is -0.142. The van der Waals surface area contributed by atoms with Crippen LogP contribution in [0.15, 0.2) is 24.3 Å². The van der Waals surface area contributed by atoms with Crippen LogP contribution in [0, 0.1) is 0 Å². The lowest BCUT2D eigenvalue weighted by atomic mass is 10.1. The first kappa shape index (κ1) is 34.5. The van der Waals surface area contributed by atoms with Gasteiger partial charge in [0.15, 0.2) is 0 Å². The minimum atomic E-state index is -1.18. The number of nitrogens with one attached hydrogen (secondary N) is 2. The summed E-state index contributed by atoms with van der Waals surface area (Å²) in [5, 5.41) is 23.4. The van der Waals surface area contributed by atoms with Crippen LogP contribution in [-0.4, -0.2) is 85.9 Å². The van der Waals surface area contributed by atoms with Crippen LogP contribution in [0.2, 0.25) is 0 Å². The second-order valence-corrected chi connectivity index (χ2v) is 9.10. The molecule has 0 heterocycles. The maximum atomic E-state index is 12.2. The maximum absolute atomic E-state index is 12.2. The van der Waals surface area contributed by atoms with Gasteiger partial charge in [-0.1, -0.05) is 32.1 Å². The highest BCUT2D eigenvalue weighted by molar-refractivity contribution is 5.87. The number of hydrogen-bond acceptors (Lipinski definition) is 8. The van der Waals surface area contributed by atoms with E-state index >= 15 is 0 Å². The predicted octanol–water partition coefficient (Wildman–Crippen LogP) is 2.58. The van der Waals surface area contributed by atoms with Crippen LogP contribution in [0.4, 0.5) is 0 Å². The van der Waals surface area contributed by atoms with Crippen molar-refractivity contribution < 1.29 is 48.4 Å². The third-order valence-electron chi connectivity index (χ3n) is 5.84. The van der Waals surface area contributed by atoms with E-state index in [1.807, 2.05) is 0 Å². The standard InChI is InChI=1S/C28H42N2O10/c31-16-19-39-21-20-38-18-15-29-25(32)14-13-24(28(36)37)30-26(33)8-6-4-2-1-3-5-7-17-40-23-11-9-22(10-12-23)27(34)35/h9-12,16,24H,1-8,13-15,17-21H2,(H,29,32)(H,30,33)(H,34,35)(H,36,37)/t24-/m0/s1. The summed E-state index contributed by atoms with van der Waals surface area (Å²) in [5.41, 5.74) is 0.224. The van der Waals surface area contributed by atoms with Gasteiger partial charge in [-0.3, -0.25) is 9.59 Å². The van der Waals surface area contributed by atoms with Gasteiger partial charge in [0.1, 0.15) is 24.7 Å². The van der Waals surface area contributed by atoms with Gasteiger partial charge in [-0.05, 0) is 43.5 Å². The number of rotatable bonds is 25. The molecule has 0 saturated heterocycles. The highest BCUT2D eigenvalue weighted by Gasteiger charge is 2.20. The average Bonchev–Trinajstić information content (AvgIpc) is 2.93. The van der Waals surface area contributed by atoms with Gasteiger partial charge in [-0.25, -0.2) is 9.59 Å². The normalized spacial score (nSPS) is 11.4. The number of benzene rings is 1. The number of hydrogen-bond donors (Lipinski definition) is 4. The van der Waals surface area contributed by atoms with E-state index in [0.717, 1.165) is 38.5 Å². The van der Waals surface area contributed by atoms with Gasteiger partial charge in [0.25, 0.3) is 0 Å². The average molecular weight is 567 g/mol. The minimum Gasteiger partial charge on any atom is -0.494 e. The number of carbonyl (C=O) groups is 5. The number of carboxylic acid groups (broad SMARTS) is 2. The topological polar surface area (TPSA) is 178 Å². The monoisotopic (exact) mass is 566 g/mol. The highest BCUT2D eigenvalue weighted by atomic mass is 16.5. The van der Waals surface area contributed by atoms with Crippen LogP contribution in [0.1, 0.15) is 74.6 Å². The van der Waals surface area contributed by atoms with Crippen molar-refractivity contribution in [3.05, 3.63) is 29.8 Å². The van der Waals surface area contributed by atoms with Crippen molar-refractivity contribution in [1.29, 1.82) is 0 Å². The van der Waals surface area contributed by atoms with Crippen molar-refractivity contribution in [3.8, 4) is 5.75 Å². The van der Waals surface area contributed by atoms with E-state index in [1.54, 1.807) is 12.1 Å². The van der Waals surface area contributed by atoms with Crippen molar-refractivity contribution in [1.82, 2.24) is 10.6 Å². The molecule has 2 amide bonds. The first-order chi connectivity index (χ1) is 19.3. The Kier molecular flexibility index (Phi) is 19.3. The molecule has 0 aliphatic rings. The Balaban J connectivity index is 2.03. The Bertz CT molecular complexity index is 892. The van der Waals surface area contributed by atoms with Gasteiger partial charge >= 0.3 is 11.9 Å². The van der Waals surface area contributed by atoms with E-state index in [4.69, 9.17) is 19.3 Å². The first-order valence-corrected chi connectivity index (χ1v) is 13.7. The van der Waals surface area contributed by atoms with Crippen LogP contribution < -0.4 is 15.4 Å². The number of carbonyl (C=O) groups excluding carboxylic acids is 3. The smallest absolute Gasteiger partial charge is 0.335 e. The molecule has 40 heavy (non-hydrogen) atoms. The number of aliphatic carboxylic acids is 1. The van der Waals surface area contributed by atoms with Crippen LogP contribution in [0.3, 0.4) is 0 Å². The molecule has 0 unspecified atom stereocenters. The van der Waals surface area contributed by atoms with Crippen molar-refractivity contribution in [3.63, 3.8) is 0 Å². The zero-order valence-electron chi connectivity index (χ0n) is 22.9. The maximum Gasteiger partial charge on any atom is 0.335 e. The Labute approximate surface area is 234 Å². The van der Waals surface area contributed by atoms with Gasteiger partial charge in [0.2, 0.25) is 11.8 Å². The molecule has 12 nitrogen and oxygen atoms in total. The summed E-state index contributed by atoms with van der Waals surface area (Å²) in [7, 11) is 0. The molecule has 1 atom stereocenters. The molecule has 1 aromatic carbocycles. The third-order valence-corrected chi connectivity index (χ3v) is 5.84. The van der Waals surface area contributed by atoms with Gasteiger partial charge < -0.3 is 39.9 Å². The zero-order valence-corrected chi connectivity index (χ0v) is 22.9. The second kappa shape index (κ2) is 22.3. The van der Waals surface area contributed by atoms with E-state index in [1.165, 1.54) is 12.1 Å². The Morgan fingerprint density at radius 2 is 1.43 bits per heavy atom. The number of carboxylic acids is 2. The van der Waals surface area contributed by atoms with Gasteiger partial charge in [-0.2, -0.15) is 0 Å². The molecule has 1 rings (SSSR count). The zero-order chi connectivity index (χ0) is 29.4. The molecule has 0 aliphatic heterocycles. The molecule has 0 bridgehead atoms. The van der Waals surface area contributed by atoms with Crippen molar-refractivity contribution in [2.45, 2.75) is 70.3 Å². The minimum absolute atomic E-state index is 0.00927. The summed E-state index contributed by atoms with van der Waals surface area (Å²) in [4.78, 5) is 56.5. The van der Waals surface area contributed by atoms with E-state index in [2.05, 4.69) is 10.6 Å². The molecular formula is C28H42N2O10. The van der Waals surface area contributed by atoms with Crippen molar-refractivity contribution >= 4 is 30.0 Å². The lowest BCUT2D eigenvalue weighted by Gasteiger charge is -2.14.